The minimum absolute atomic E-state index is 0.000663. The lowest BCUT2D eigenvalue weighted by atomic mass is 9.98. The third kappa shape index (κ3) is 2.80. The van der Waals surface area contributed by atoms with E-state index < -0.39 is 11.9 Å². The SMILES string of the molecule is CCCc1nnc(N2C(=O)c3oc4ccccc4c(=O)c3C2c2cccc(O)c2)s1. The second-order valence-corrected chi connectivity index (χ2v) is 8.11. The Morgan fingerprint density at radius 2 is 1.97 bits per heavy atom. The molecule has 0 saturated carbocycles. The molecule has 1 N–H and O–H groups in total. The van der Waals surface area contributed by atoms with Gasteiger partial charge in [0.1, 0.15) is 16.3 Å². The number of hydrogen-bond acceptors (Lipinski definition) is 7. The van der Waals surface area contributed by atoms with Crippen molar-refractivity contribution < 1.29 is 14.3 Å². The Kier molecular flexibility index (Phi) is 4.36. The minimum atomic E-state index is -0.761. The van der Waals surface area contributed by atoms with E-state index in [1.165, 1.54) is 16.2 Å². The molecule has 150 valence electrons. The first-order valence-corrected chi connectivity index (χ1v) is 10.4. The molecule has 2 aromatic carbocycles. The van der Waals surface area contributed by atoms with Crippen molar-refractivity contribution in [2.75, 3.05) is 4.90 Å². The van der Waals surface area contributed by atoms with E-state index in [9.17, 15) is 14.7 Å². The van der Waals surface area contributed by atoms with E-state index in [4.69, 9.17) is 4.42 Å². The number of para-hydroxylation sites is 1. The number of hydrogen-bond donors (Lipinski definition) is 1. The first-order valence-electron chi connectivity index (χ1n) is 9.59. The molecule has 3 heterocycles. The summed E-state index contributed by atoms with van der Waals surface area (Å²) < 4.78 is 5.89. The number of fused-ring (bicyclic) bond motifs is 2. The molecule has 2 aromatic heterocycles. The smallest absolute Gasteiger partial charge is 0.297 e. The van der Waals surface area contributed by atoms with Gasteiger partial charge in [0.05, 0.1) is 17.0 Å². The second kappa shape index (κ2) is 7.07. The lowest BCUT2D eigenvalue weighted by molar-refractivity contribution is 0.0970. The summed E-state index contributed by atoms with van der Waals surface area (Å²) in [5.74, 6) is -0.401. The van der Waals surface area contributed by atoms with Crippen LogP contribution in [-0.2, 0) is 6.42 Å². The van der Waals surface area contributed by atoms with Crippen molar-refractivity contribution in [1.29, 1.82) is 0 Å². The highest BCUT2D eigenvalue weighted by molar-refractivity contribution is 7.15. The van der Waals surface area contributed by atoms with Crippen LogP contribution >= 0.6 is 11.3 Å². The monoisotopic (exact) mass is 419 g/mol. The van der Waals surface area contributed by atoms with Crippen molar-refractivity contribution in [3.05, 3.63) is 80.6 Å². The van der Waals surface area contributed by atoms with Crippen molar-refractivity contribution in [2.24, 2.45) is 0 Å². The predicted octanol–water partition coefficient (Wildman–Crippen LogP) is 4.05. The lowest BCUT2D eigenvalue weighted by Crippen LogP contribution is -2.29. The molecular weight excluding hydrogens is 402 g/mol. The first-order chi connectivity index (χ1) is 14.6. The van der Waals surface area contributed by atoms with Gasteiger partial charge in [-0.3, -0.25) is 14.5 Å². The largest absolute Gasteiger partial charge is 0.508 e. The Bertz CT molecular complexity index is 1340. The molecule has 1 aliphatic rings. The molecular formula is C22H17N3O4S. The zero-order valence-corrected chi connectivity index (χ0v) is 16.8. The fourth-order valence-corrected chi connectivity index (χ4v) is 4.75. The van der Waals surface area contributed by atoms with E-state index in [0.717, 1.165) is 17.8 Å². The number of carbonyl (C=O) groups is 1. The average molecular weight is 419 g/mol. The van der Waals surface area contributed by atoms with E-state index in [0.29, 0.717) is 21.7 Å². The Labute approximate surface area is 175 Å². The minimum Gasteiger partial charge on any atom is -0.508 e. The van der Waals surface area contributed by atoms with Gasteiger partial charge in [-0.1, -0.05) is 42.5 Å². The molecule has 0 spiro atoms. The van der Waals surface area contributed by atoms with Crippen molar-refractivity contribution in [3.63, 3.8) is 0 Å². The highest BCUT2D eigenvalue weighted by Crippen LogP contribution is 2.42. The van der Waals surface area contributed by atoms with E-state index in [1.807, 2.05) is 6.92 Å². The van der Waals surface area contributed by atoms with Gasteiger partial charge in [-0.2, -0.15) is 0 Å². The highest BCUT2D eigenvalue weighted by Gasteiger charge is 2.45. The van der Waals surface area contributed by atoms with Crippen molar-refractivity contribution >= 4 is 33.3 Å². The maximum absolute atomic E-state index is 13.4. The summed E-state index contributed by atoms with van der Waals surface area (Å²) >= 11 is 1.32. The van der Waals surface area contributed by atoms with E-state index in [1.54, 1.807) is 48.5 Å². The third-order valence-corrected chi connectivity index (χ3v) is 6.07. The van der Waals surface area contributed by atoms with E-state index in [-0.39, 0.29) is 22.5 Å². The summed E-state index contributed by atoms with van der Waals surface area (Å²) in [6, 6.07) is 12.6. The van der Waals surface area contributed by atoms with Crippen LogP contribution in [-0.4, -0.2) is 21.2 Å². The van der Waals surface area contributed by atoms with Gasteiger partial charge in [0.25, 0.3) is 5.91 Å². The summed E-state index contributed by atoms with van der Waals surface area (Å²) in [5.41, 5.74) is 0.929. The molecule has 5 rings (SSSR count). The maximum atomic E-state index is 13.4. The molecule has 7 nitrogen and oxygen atoms in total. The molecule has 1 unspecified atom stereocenters. The zero-order chi connectivity index (χ0) is 20.8. The molecule has 8 heteroatoms. The van der Waals surface area contributed by atoms with E-state index in [2.05, 4.69) is 10.2 Å². The average Bonchev–Trinajstić information content (AvgIpc) is 3.31. The van der Waals surface area contributed by atoms with E-state index >= 15 is 0 Å². The topological polar surface area (TPSA) is 96.5 Å². The number of phenols is 1. The van der Waals surface area contributed by atoms with Crippen LogP contribution in [0, 0.1) is 0 Å². The maximum Gasteiger partial charge on any atom is 0.297 e. The van der Waals surface area contributed by atoms with Crippen molar-refractivity contribution in [1.82, 2.24) is 10.2 Å². The molecule has 0 aliphatic carbocycles. The van der Waals surface area contributed by atoms with Gasteiger partial charge in [0.15, 0.2) is 5.43 Å². The van der Waals surface area contributed by atoms with Crippen LogP contribution in [0.4, 0.5) is 5.13 Å². The van der Waals surface area contributed by atoms with Crippen LogP contribution in [0.2, 0.25) is 0 Å². The van der Waals surface area contributed by atoms with Crippen LogP contribution < -0.4 is 10.3 Å². The number of benzene rings is 2. The van der Waals surface area contributed by atoms with Gasteiger partial charge in [-0.15, -0.1) is 10.2 Å². The van der Waals surface area contributed by atoms with Crippen LogP contribution in [0.3, 0.4) is 0 Å². The number of rotatable bonds is 4. The van der Waals surface area contributed by atoms with Crippen LogP contribution in [0.15, 0.2) is 57.7 Å². The number of aryl methyl sites for hydroxylation is 1. The third-order valence-electron chi connectivity index (χ3n) is 5.09. The van der Waals surface area contributed by atoms with Gasteiger partial charge in [-0.25, -0.2) is 0 Å². The number of anilines is 1. The second-order valence-electron chi connectivity index (χ2n) is 7.07. The Hall–Kier alpha value is -3.52. The summed E-state index contributed by atoms with van der Waals surface area (Å²) in [6.07, 6.45) is 1.66. The Morgan fingerprint density at radius 3 is 2.77 bits per heavy atom. The number of aromatic hydroxyl groups is 1. The molecule has 0 fully saturated rings. The fraction of sp³-hybridized carbons (Fsp3) is 0.182. The Balaban J connectivity index is 1.77. The predicted molar refractivity (Wildman–Crippen MR) is 113 cm³/mol. The summed E-state index contributed by atoms with van der Waals surface area (Å²) in [5, 5.41) is 20.0. The van der Waals surface area contributed by atoms with Gasteiger partial charge in [0, 0.05) is 6.42 Å². The molecule has 1 aliphatic heterocycles. The van der Waals surface area contributed by atoms with Crippen molar-refractivity contribution in [2.45, 2.75) is 25.8 Å². The van der Waals surface area contributed by atoms with Crippen molar-refractivity contribution in [3.8, 4) is 5.75 Å². The molecule has 0 saturated heterocycles. The highest BCUT2D eigenvalue weighted by atomic mass is 32.1. The van der Waals surface area contributed by atoms with Crippen LogP contribution in [0.1, 0.15) is 46.1 Å². The molecule has 0 bridgehead atoms. The molecule has 4 aromatic rings. The molecule has 0 radical (unpaired) electrons. The number of nitrogens with zero attached hydrogens (tertiary/aromatic N) is 3. The summed E-state index contributed by atoms with van der Waals surface area (Å²) in [7, 11) is 0. The molecule has 1 amide bonds. The normalized spacial score (nSPS) is 15.7. The fourth-order valence-electron chi connectivity index (χ4n) is 3.78. The number of carbonyl (C=O) groups excluding carboxylic acids is 1. The number of aromatic nitrogens is 2. The quantitative estimate of drug-likeness (QED) is 0.536. The molecule has 1 atom stereocenters. The van der Waals surface area contributed by atoms with Gasteiger partial charge in [-0.05, 0) is 36.2 Å². The van der Waals surface area contributed by atoms with Crippen LogP contribution in [0.5, 0.6) is 5.75 Å². The van der Waals surface area contributed by atoms with Gasteiger partial charge < -0.3 is 9.52 Å². The lowest BCUT2D eigenvalue weighted by Gasteiger charge is -2.22. The summed E-state index contributed by atoms with van der Waals surface area (Å²) in [6.45, 7) is 2.04. The molecule has 30 heavy (non-hydrogen) atoms. The first kappa shape index (κ1) is 18.5. The van der Waals surface area contributed by atoms with Crippen LogP contribution in [0.25, 0.3) is 11.0 Å². The van der Waals surface area contributed by atoms with Gasteiger partial charge in [0.2, 0.25) is 10.9 Å². The number of phenolic OH excluding ortho intramolecular Hbond substituents is 1. The number of amides is 1. The van der Waals surface area contributed by atoms with Gasteiger partial charge >= 0.3 is 0 Å². The standard InChI is InChI=1S/C22H17N3O4S/c1-2-6-16-23-24-22(30-16)25-18(12-7-5-8-13(26)11-12)17-19(27)14-9-3-4-10-15(14)29-20(17)21(25)28/h3-5,7-11,18,26H,2,6H2,1H3. The summed E-state index contributed by atoms with van der Waals surface area (Å²) in [4.78, 5) is 28.2. The zero-order valence-electron chi connectivity index (χ0n) is 16.0. The Morgan fingerprint density at radius 1 is 1.13 bits per heavy atom.